The number of nitrogens with one attached hydrogen (secondary N) is 2. The Morgan fingerprint density at radius 2 is 1.83 bits per heavy atom. The number of aliphatic carboxylic acids is 1. The number of fused-ring (bicyclic) bond motifs is 1. The Balaban J connectivity index is 1.67. The monoisotopic (exact) mass is 328 g/mol. The fourth-order valence-electron chi connectivity index (χ4n) is 3.25. The van der Waals surface area contributed by atoms with Crippen molar-refractivity contribution >= 4 is 28.3 Å². The molecule has 1 amide bonds. The van der Waals surface area contributed by atoms with Gasteiger partial charge in [-0.1, -0.05) is 30.3 Å². The summed E-state index contributed by atoms with van der Waals surface area (Å²) in [5.74, 6) is -1.44. The second-order valence-electron chi connectivity index (χ2n) is 6.21. The van der Waals surface area contributed by atoms with Gasteiger partial charge < -0.3 is 25.4 Å². The molecular weight excluding hydrogens is 306 g/mol. The molecule has 0 bridgehead atoms. The van der Waals surface area contributed by atoms with E-state index in [0.29, 0.717) is 5.69 Å². The molecule has 3 rings (SSSR count). The van der Waals surface area contributed by atoms with Gasteiger partial charge in [0.2, 0.25) is 5.91 Å². The largest absolute Gasteiger partial charge is 0.544 e. The first-order chi connectivity index (χ1) is 11.6. The van der Waals surface area contributed by atoms with Crippen molar-refractivity contribution < 1.29 is 24.9 Å². The van der Waals surface area contributed by atoms with Gasteiger partial charge in [-0.15, -0.1) is 0 Å². The van der Waals surface area contributed by atoms with E-state index < -0.39 is 12.0 Å². The van der Waals surface area contributed by atoms with Gasteiger partial charge in [0.25, 0.3) is 0 Å². The first-order valence-corrected chi connectivity index (χ1v) is 8.29. The number of carbonyl (C=O) groups excluding carboxylic acids is 2. The number of piperazine rings is 1. The maximum Gasteiger partial charge on any atom is 0.230 e. The quantitative estimate of drug-likeness (QED) is 0.579. The van der Waals surface area contributed by atoms with E-state index in [9.17, 15) is 14.7 Å². The zero-order chi connectivity index (χ0) is 16.9. The maximum atomic E-state index is 12.3. The van der Waals surface area contributed by atoms with Crippen LogP contribution < -0.4 is 20.6 Å². The van der Waals surface area contributed by atoms with Crippen LogP contribution >= 0.6 is 0 Å². The average molecular weight is 328 g/mol. The van der Waals surface area contributed by atoms with Gasteiger partial charge in [-0.05, 0) is 22.9 Å². The molecular formula is C18H22N3O3+. The lowest BCUT2D eigenvalue weighted by atomic mass is 10.1. The summed E-state index contributed by atoms with van der Waals surface area (Å²) in [7, 11) is 0. The summed E-state index contributed by atoms with van der Waals surface area (Å²) in [4.78, 5) is 24.6. The van der Waals surface area contributed by atoms with Crippen molar-refractivity contribution in [1.82, 2.24) is 0 Å². The molecule has 1 aliphatic heterocycles. The van der Waals surface area contributed by atoms with Crippen molar-refractivity contribution in [3.05, 3.63) is 42.5 Å². The number of benzene rings is 2. The summed E-state index contributed by atoms with van der Waals surface area (Å²) in [6.07, 6.45) is -0.0650. The fourth-order valence-corrected chi connectivity index (χ4v) is 3.25. The van der Waals surface area contributed by atoms with E-state index in [1.807, 2.05) is 42.5 Å². The number of carbonyl (C=O) groups is 2. The lowest BCUT2D eigenvalue weighted by molar-refractivity contribution is -0.961. The summed E-state index contributed by atoms with van der Waals surface area (Å²) in [6, 6.07) is 12.8. The molecule has 1 aliphatic rings. The second-order valence-corrected chi connectivity index (χ2v) is 6.21. The molecule has 0 spiro atoms. The molecule has 0 aliphatic carbocycles. The third-order valence-corrected chi connectivity index (χ3v) is 4.54. The highest BCUT2D eigenvalue weighted by Gasteiger charge is 2.29. The van der Waals surface area contributed by atoms with Crippen LogP contribution in [0.2, 0.25) is 0 Å². The van der Waals surface area contributed by atoms with Gasteiger partial charge in [0, 0.05) is 5.69 Å². The summed E-state index contributed by atoms with van der Waals surface area (Å²) in [5.41, 5.74) is 0.678. The molecule has 24 heavy (non-hydrogen) atoms. The van der Waals surface area contributed by atoms with E-state index in [2.05, 4.69) is 10.6 Å². The Labute approximate surface area is 140 Å². The van der Waals surface area contributed by atoms with E-state index in [1.165, 1.54) is 0 Å². The van der Waals surface area contributed by atoms with Crippen molar-refractivity contribution in [2.75, 3.05) is 31.5 Å². The fraction of sp³-hybridized carbons (Fsp3) is 0.333. The summed E-state index contributed by atoms with van der Waals surface area (Å²) in [5, 5.41) is 18.5. The van der Waals surface area contributed by atoms with Gasteiger partial charge in [-0.25, -0.2) is 0 Å². The Bertz CT molecular complexity index is 741. The zero-order valence-electron chi connectivity index (χ0n) is 13.5. The Kier molecular flexibility index (Phi) is 5.08. The number of rotatable bonds is 5. The van der Waals surface area contributed by atoms with Gasteiger partial charge in [-0.3, -0.25) is 4.79 Å². The predicted molar refractivity (Wildman–Crippen MR) is 88.3 cm³/mol. The Hall–Kier alpha value is -2.44. The Morgan fingerprint density at radius 1 is 1.12 bits per heavy atom. The molecule has 6 heteroatoms. The number of carboxylic acids is 1. The molecule has 0 saturated carbocycles. The minimum atomic E-state index is -1.15. The van der Waals surface area contributed by atoms with Crippen molar-refractivity contribution in [3.8, 4) is 0 Å². The van der Waals surface area contributed by atoms with Gasteiger partial charge in [0.05, 0.1) is 12.4 Å². The lowest BCUT2D eigenvalue weighted by Gasteiger charge is -2.30. The molecule has 0 aromatic heterocycles. The van der Waals surface area contributed by atoms with Gasteiger partial charge >= 0.3 is 0 Å². The van der Waals surface area contributed by atoms with Crippen LogP contribution in [0.15, 0.2) is 42.5 Å². The standard InChI is InChI=1S/C18H21N3O3/c22-17(12-16(18(23)24)21-9-7-19-8-10-21)20-15-6-5-13-3-1-2-4-14(13)11-15/h1-6,11,16,19H,7-10,12H2,(H,20,22)(H,23,24)/p+1/t16-/m0/s1. The van der Waals surface area contributed by atoms with Crippen LogP contribution in [0.1, 0.15) is 6.42 Å². The minimum Gasteiger partial charge on any atom is -0.544 e. The second kappa shape index (κ2) is 7.42. The van der Waals surface area contributed by atoms with Crippen molar-refractivity contribution in [2.45, 2.75) is 12.5 Å². The van der Waals surface area contributed by atoms with Crippen LogP contribution in [0.4, 0.5) is 5.69 Å². The summed E-state index contributed by atoms with van der Waals surface area (Å²) >= 11 is 0. The molecule has 6 nitrogen and oxygen atoms in total. The topological polar surface area (TPSA) is 90.3 Å². The number of nitrogens with two attached hydrogens (primary N) is 1. The molecule has 0 unspecified atom stereocenters. The van der Waals surface area contributed by atoms with Crippen LogP contribution in [0, 0.1) is 0 Å². The van der Waals surface area contributed by atoms with E-state index >= 15 is 0 Å². The average Bonchev–Trinajstić information content (AvgIpc) is 2.60. The van der Waals surface area contributed by atoms with Crippen LogP contribution in [0.5, 0.6) is 0 Å². The first-order valence-electron chi connectivity index (χ1n) is 8.29. The molecule has 0 radical (unpaired) electrons. The third kappa shape index (κ3) is 3.90. The van der Waals surface area contributed by atoms with Crippen molar-refractivity contribution in [2.24, 2.45) is 0 Å². The van der Waals surface area contributed by atoms with Gasteiger partial charge in [0.15, 0.2) is 0 Å². The first kappa shape index (κ1) is 16.4. The smallest absolute Gasteiger partial charge is 0.230 e. The van der Waals surface area contributed by atoms with E-state index in [1.54, 1.807) is 0 Å². The number of anilines is 1. The van der Waals surface area contributed by atoms with E-state index in [-0.39, 0.29) is 12.3 Å². The predicted octanol–water partition coefficient (Wildman–Crippen LogP) is -2.25. The van der Waals surface area contributed by atoms with E-state index in [0.717, 1.165) is 41.9 Å². The maximum absolute atomic E-state index is 12.3. The molecule has 1 heterocycles. The number of hydrogen-bond donors (Lipinski definition) is 3. The number of carboxylic acid groups (broad SMARTS) is 1. The number of hydrogen-bond acceptors (Lipinski definition) is 3. The minimum absolute atomic E-state index is 0.0650. The highest BCUT2D eigenvalue weighted by Crippen LogP contribution is 2.18. The van der Waals surface area contributed by atoms with E-state index in [4.69, 9.17) is 0 Å². The molecule has 1 atom stereocenters. The van der Waals surface area contributed by atoms with Crippen molar-refractivity contribution in [3.63, 3.8) is 0 Å². The molecule has 1 fully saturated rings. The normalized spacial score (nSPS) is 16.7. The Morgan fingerprint density at radius 3 is 2.54 bits per heavy atom. The lowest BCUT2D eigenvalue weighted by Crippen LogP contribution is -3.24. The molecule has 2 aromatic rings. The molecule has 4 N–H and O–H groups in total. The number of quaternary nitrogens is 2. The van der Waals surface area contributed by atoms with Gasteiger partial charge in [-0.2, -0.15) is 0 Å². The highest BCUT2D eigenvalue weighted by molar-refractivity contribution is 5.96. The van der Waals surface area contributed by atoms with Crippen LogP contribution in [0.3, 0.4) is 0 Å². The van der Waals surface area contributed by atoms with Crippen molar-refractivity contribution in [1.29, 1.82) is 0 Å². The van der Waals surface area contributed by atoms with Gasteiger partial charge in [0.1, 0.15) is 32.2 Å². The number of amides is 1. The van der Waals surface area contributed by atoms with Crippen LogP contribution in [0.25, 0.3) is 10.8 Å². The summed E-state index contributed by atoms with van der Waals surface area (Å²) in [6.45, 7) is 3.24. The zero-order valence-corrected chi connectivity index (χ0v) is 13.5. The SMILES string of the molecule is O=C(C[C@@H](C(=O)[O-])[NH+]1CC[NH2+]CC1)Nc1ccc2ccccc2c1. The molecule has 2 aromatic carbocycles. The third-order valence-electron chi connectivity index (χ3n) is 4.54. The molecule has 1 saturated heterocycles. The molecule has 126 valence electrons. The summed E-state index contributed by atoms with van der Waals surface area (Å²) < 4.78 is 0. The van der Waals surface area contributed by atoms with Crippen LogP contribution in [-0.2, 0) is 9.59 Å². The highest BCUT2D eigenvalue weighted by atomic mass is 16.4. The van der Waals surface area contributed by atoms with Crippen LogP contribution in [-0.4, -0.2) is 44.1 Å².